The van der Waals surface area contributed by atoms with Gasteiger partial charge in [-0.25, -0.2) is 0 Å². The van der Waals surface area contributed by atoms with Crippen LogP contribution in [-0.2, 0) is 0 Å². The van der Waals surface area contributed by atoms with E-state index in [1.165, 1.54) is 10.8 Å². The largest absolute Gasteiger partial charge is 0.103 e. The van der Waals surface area contributed by atoms with Crippen molar-refractivity contribution in [2.45, 2.75) is 26.1 Å². The van der Waals surface area contributed by atoms with Crippen LogP contribution in [0.5, 0.6) is 0 Å². The molecule has 0 aliphatic rings. The van der Waals surface area contributed by atoms with Crippen LogP contribution in [0.2, 0.25) is 19.1 Å². The molecule has 70 valence electrons. The van der Waals surface area contributed by atoms with Crippen molar-refractivity contribution in [3.05, 3.63) is 42.5 Å². The van der Waals surface area contributed by atoms with Crippen LogP contribution in [0.15, 0.2) is 36.9 Å². The van der Waals surface area contributed by atoms with Gasteiger partial charge in [-0.05, 0) is 13.0 Å². The lowest BCUT2D eigenvalue weighted by atomic mass is 10.2. The molecule has 0 amide bonds. The number of rotatable bonds is 3. The molecule has 0 aromatic heterocycles. The topological polar surface area (TPSA) is 0 Å². The van der Waals surface area contributed by atoms with Crippen LogP contribution in [0.4, 0.5) is 0 Å². The molecule has 0 unspecified atom stereocenters. The minimum Gasteiger partial charge on any atom is -0.103 e. The Balaban J connectivity index is 2.93. The molecule has 0 aliphatic carbocycles. The minimum absolute atomic E-state index is 1.16. The summed E-state index contributed by atoms with van der Waals surface area (Å²) in [5.74, 6) is 0. The van der Waals surface area contributed by atoms with Gasteiger partial charge in [0.05, 0.1) is 8.07 Å². The van der Waals surface area contributed by atoms with Gasteiger partial charge >= 0.3 is 0 Å². The predicted molar refractivity (Wildman–Crippen MR) is 63.3 cm³/mol. The quantitative estimate of drug-likeness (QED) is 0.507. The van der Waals surface area contributed by atoms with Gasteiger partial charge in [0.15, 0.2) is 0 Å². The van der Waals surface area contributed by atoms with E-state index in [1.54, 1.807) is 0 Å². The summed E-state index contributed by atoms with van der Waals surface area (Å²) in [4.78, 5) is 0. The van der Waals surface area contributed by atoms with Gasteiger partial charge in [0.2, 0.25) is 0 Å². The molecule has 0 radical (unpaired) electrons. The molecular formula is C12H18Si. The molecule has 0 aliphatic heterocycles. The average Bonchev–Trinajstić information content (AvgIpc) is 2.05. The van der Waals surface area contributed by atoms with Crippen molar-refractivity contribution in [2.24, 2.45) is 0 Å². The SMILES string of the molecule is C=CC[Si](C)(C)c1ccc(C)cc1. The number of allylic oxidation sites excluding steroid dienone is 1. The first-order chi connectivity index (χ1) is 6.06. The number of aryl methyl sites for hydroxylation is 1. The summed E-state index contributed by atoms with van der Waals surface area (Å²) in [6.07, 6.45) is 2.05. The van der Waals surface area contributed by atoms with Crippen LogP contribution < -0.4 is 5.19 Å². The van der Waals surface area contributed by atoms with Gasteiger partial charge in [0, 0.05) is 0 Å². The summed E-state index contributed by atoms with van der Waals surface area (Å²) in [6.45, 7) is 10.7. The first kappa shape index (κ1) is 10.3. The van der Waals surface area contributed by atoms with Crippen molar-refractivity contribution in [1.82, 2.24) is 0 Å². The molecule has 0 fully saturated rings. The summed E-state index contributed by atoms with van der Waals surface area (Å²) in [5, 5.41) is 1.53. The molecule has 0 saturated carbocycles. The molecule has 0 heterocycles. The number of benzene rings is 1. The lowest BCUT2D eigenvalue weighted by molar-refractivity contribution is 1.47. The maximum absolute atomic E-state index is 3.82. The molecule has 0 nitrogen and oxygen atoms in total. The maximum atomic E-state index is 3.82. The smallest absolute Gasteiger partial charge is 0.0843 e. The molecule has 1 aromatic rings. The van der Waals surface area contributed by atoms with Gasteiger partial charge in [-0.3, -0.25) is 0 Å². The van der Waals surface area contributed by atoms with Gasteiger partial charge in [0.1, 0.15) is 0 Å². The molecule has 13 heavy (non-hydrogen) atoms. The third-order valence-electron chi connectivity index (χ3n) is 2.49. The highest BCUT2D eigenvalue weighted by Crippen LogP contribution is 2.10. The van der Waals surface area contributed by atoms with E-state index in [2.05, 4.69) is 50.9 Å². The Labute approximate surface area is 82.3 Å². The summed E-state index contributed by atoms with van der Waals surface area (Å²) in [5.41, 5.74) is 1.34. The Morgan fingerprint density at radius 3 is 2.23 bits per heavy atom. The van der Waals surface area contributed by atoms with E-state index in [1.807, 2.05) is 6.08 Å². The zero-order valence-corrected chi connectivity index (χ0v) is 9.80. The zero-order chi connectivity index (χ0) is 9.90. The molecular weight excluding hydrogens is 172 g/mol. The Kier molecular flexibility index (Phi) is 3.10. The van der Waals surface area contributed by atoms with E-state index in [0.717, 1.165) is 6.04 Å². The zero-order valence-electron chi connectivity index (χ0n) is 8.80. The van der Waals surface area contributed by atoms with Crippen molar-refractivity contribution in [2.75, 3.05) is 0 Å². The Morgan fingerprint density at radius 2 is 1.77 bits per heavy atom. The maximum Gasteiger partial charge on any atom is 0.0843 e. The summed E-state index contributed by atoms with van der Waals surface area (Å²) in [6, 6.07) is 10.1. The second kappa shape index (κ2) is 3.92. The van der Waals surface area contributed by atoms with Crippen molar-refractivity contribution in [3.8, 4) is 0 Å². The average molecular weight is 190 g/mol. The van der Waals surface area contributed by atoms with Crippen LogP contribution >= 0.6 is 0 Å². The van der Waals surface area contributed by atoms with Gasteiger partial charge in [-0.1, -0.05) is 54.2 Å². The van der Waals surface area contributed by atoms with Gasteiger partial charge in [0.25, 0.3) is 0 Å². The van der Waals surface area contributed by atoms with Crippen LogP contribution in [-0.4, -0.2) is 8.07 Å². The fourth-order valence-electron chi connectivity index (χ4n) is 1.48. The monoisotopic (exact) mass is 190 g/mol. The second-order valence-corrected chi connectivity index (χ2v) is 9.00. The highest BCUT2D eigenvalue weighted by molar-refractivity contribution is 6.90. The third-order valence-corrected chi connectivity index (χ3v) is 5.69. The van der Waals surface area contributed by atoms with Gasteiger partial charge in [-0.15, -0.1) is 6.58 Å². The lowest BCUT2D eigenvalue weighted by Crippen LogP contribution is -2.40. The molecule has 0 spiro atoms. The van der Waals surface area contributed by atoms with Crippen molar-refractivity contribution in [1.29, 1.82) is 0 Å². The summed E-state index contributed by atoms with van der Waals surface area (Å²) in [7, 11) is -1.22. The van der Waals surface area contributed by atoms with Crippen LogP contribution in [0, 0.1) is 6.92 Å². The first-order valence-corrected chi connectivity index (χ1v) is 7.95. The Hall–Kier alpha value is -0.823. The molecule has 0 bridgehead atoms. The van der Waals surface area contributed by atoms with E-state index >= 15 is 0 Å². The van der Waals surface area contributed by atoms with E-state index < -0.39 is 8.07 Å². The normalized spacial score (nSPS) is 11.3. The molecule has 0 saturated heterocycles. The van der Waals surface area contributed by atoms with Crippen molar-refractivity contribution >= 4 is 13.3 Å². The van der Waals surface area contributed by atoms with Gasteiger partial charge in [-0.2, -0.15) is 0 Å². The van der Waals surface area contributed by atoms with E-state index in [0.29, 0.717) is 0 Å². The van der Waals surface area contributed by atoms with Crippen LogP contribution in [0.1, 0.15) is 5.56 Å². The number of hydrogen-bond acceptors (Lipinski definition) is 0. The van der Waals surface area contributed by atoms with Crippen molar-refractivity contribution in [3.63, 3.8) is 0 Å². The molecule has 1 heteroatoms. The first-order valence-electron chi connectivity index (χ1n) is 4.74. The predicted octanol–water partition coefficient (Wildman–Crippen LogP) is 3.10. The number of hydrogen-bond donors (Lipinski definition) is 0. The fraction of sp³-hybridized carbons (Fsp3) is 0.333. The summed E-state index contributed by atoms with van der Waals surface area (Å²) < 4.78 is 0. The van der Waals surface area contributed by atoms with Crippen LogP contribution in [0.3, 0.4) is 0 Å². The molecule has 1 rings (SSSR count). The highest BCUT2D eigenvalue weighted by Gasteiger charge is 2.20. The van der Waals surface area contributed by atoms with Gasteiger partial charge < -0.3 is 0 Å². The van der Waals surface area contributed by atoms with E-state index in [4.69, 9.17) is 0 Å². The fourth-order valence-corrected chi connectivity index (χ4v) is 3.51. The minimum atomic E-state index is -1.22. The Bertz CT molecular complexity index is 282. The van der Waals surface area contributed by atoms with E-state index in [9.17, 15) is 0 Å². The lowest BCUT2D eigenvalue weighted by Gasteiger charge is -2.20. The van der Waals surface area contributed by atoms with Crippen LogP contribution in [0.25, 0.3) is 0 Å². The molecule has 0 N–H and O–H groups in total. The summed E-state index contributed by atoms with van der Waals surface area (Å²) >= 11 is 0. The Morgan fingerprint density at radius 1 is 1.23 bits per heavy atom. The van der Waals surface area contributed by atoms with Crippen molar-refractivity contribution < 1.29 is 0 Å². The standard InChI is InChI=1S/C12H18Si/c1-5-10-13(3,4)12-8-6-11(2)7-9-12/h5-9H,1,10H2,2-4H3. The molecule has 0 atom stereocenters. The molecule has 1 aromatic carbocycles. The van der Waals surface area contributed by atoms with E-state index in [-0.39, 0.29) is 0 Å². The third kappa shape index (κ3) is 2.56. The highest BCUT2D eigenvalue weighted by atomic mass is 28.3. The second-order valence-electron chi connectivity index (χ2n) is 4.24.